The predicted octanol–water partition coefficient (Wildman–Crippen LogP) is 3.31. The zero-order chi connectivity index (χ0) is 14.1. The van der Waals surface area contributed by atoms with Crippen molar-refractivity contribution in [2.75, 3.05) is 0 Å². The largest absolute Gasteiger partial charge is 0.353 e. The number of carbonyl (C=O) groups is 1. The zero-order valence-electron chi connectivity index (χ0n) is 11.9. The summed E-state index contributed by atoms with van der Waals surface area (Å²) in [6.07, 6.45) is 5.71. The molecule has 1 aromatic carbocycles. The van der Waals surface area contributed by atoms with E-state index in [0.29, 0.717) is 12.3 Å². The minimum absolute atomic E-state index is 0.0480. The minimum atomic E-state index is -0.260. The number of amides is 1. The molecule has 2 aliphatic rings. The van der Waals surface area contributed by atoms with E-state index < -0.39 is 0 Å². The van der Waals surface area contributed by atoms with Crippen LogP contribution in [0.3, 0.4) is 0 Å². The highest BCUT2D eigenvalue weighted by Crippen LogP contribution is 2.49. The van der Waals surface area contributed by atoms with Crippen molar-refractivity contribution in [3.8, 4) is 0 Å². The number of nitrogens with one attached hydrogen (secondary N) is 1. The lowest BCUT2D eigenvalue weighted by Gasteiger charge is -2.28. The molecule has 0 aromatic heterocycles. The summed E-state index contributed by atoms with van der Waals surface area (Å²) < 4.78 is 12.8. The average Bonchev–Trinajstić information content (AvgIpc) is 3.03. The summed E-state index contributed by atoms with van der Waals surface area (Å²) in [6.45, 7) is 2.13. The van der Waals surface area contributed by atoms with Crippen LogP contribution in [0.25, 0.3) is 0 Å². The third-order valence-corrected chi connectivity index (χ3v) is 5.10. The van der Waals surface area contributed by atoms with Crippen LogP contribution in [0.5, 0.6) is 0 Å². The molecule has 0 spiro atoms. The van der Waals surface area contributed by atoms with Crippen molar-refractivity contribution < 1.29 is 9.18 Å². The first-order valence-corrected chi connectivity index (χ1v) is 7.65. The number of fused-ring (bicyclic) bond motifs is 2. The van der Waals surface area contributed by atoms with E-state index in [9.17, 15) is 9.18 Å². The van der Waals surface area contributed by atoms with Gasteiger partial charge in [0.2, 0.25) is 5.91 Å². The third kappa shape index (κ3) is 2.87. The van der Waals surface area contributed by atoms with Crippen molar-refractivity contribution in [2.45, 2.75) is 45.1 Å². The Morgan fingerprint density at radius 1 is 1.30 bits per heavy atom. The molecule has 0 radical (unpaired) electrons. The molecular weight excluding hydrogens is 253 g/mol. The Labute approximate surface area is 119 Å². The molecule has 2 bridgehead atoms. The van der Waals surface area contributed by atoms with Crippen molar-refractivity contribution >= 4 is 5.91 Å². The molecule has 2 fully saturated rings. The first-order valence-electron chi connectivity index (χ1n) is 7.65. The van der Waals surface area contributed by atoms with Crippen LogP contribution in [0.4, 0.5) is 4.39 Å². The second-order valence-electron chi connectivity index (χ2n) is 6.50. The van der Waals surface area contributed by atoms with E-state index in [2.05, 4.69) is 12.2 Å². The first kappa shape index (κ1) is 13.6. The molecule has 2 nitrogen and oxygen atoms in total. The highest BCUT2D eigenvalue weighted by molar-refractivity contribution is 5.78. The van der Waals surface area contributed by atoms with Crippen molar-refractivity contribution in [3.05, 3.63) is 35.6 Å². The molecule has 0 heterocycles. The normalized spacial score (nSPS) is 29.4. The lowest BCUT2D eigenvalue weighted by molar-refractivity contribution is -0.121. The summed E-state index contributed by atoms with van der Waals surface area (Å²) >= 11 is 0. The maximum atomic E-state index is 12.8. The molecule has 2 aliphatic carbocycles. The van der Waals surface area contributed by atoms with E-state index in [4.69, 9.17) is 0 Å². The monoisotopic (exact) mass is 275 g/mol. The van der Waals surface area contributed by atoms with Gasteiger partial charge in [-0.2, -0.15) is 0 Å². The maximum absolute atomic E-state index is 12.8. The van der Waals surface area contributed by atoms with Gasteiger partial charge in [0, 0.05) is 6.04 Å². The zero-order valence-corrected chi connectivity index (χ0v) is 11.9. The van der Waals surface area contributed by atoms with Gasteiger partial charge in [-0.15, -0.1) is 0 Å². The minimum Gasteiger partial charge on any atom is -0.353 e. The summed E-state index contributed by atoms with van der Waals surface area (Å²) in [4.78, 5) is 12.1. The highest BCUT2D eigenvalue weighted by Gasteiger charge is 2.42. The second kappa shape index (κ2) is 5.55. The van der Waals surface area contributed by atoms with Gasteiger partial charge in [0.1, 0.15) is 5.82 Å². The van der Waals surface area contributed by atoms with Crippen LogP contribution in [0.2, 0.25) is 0 Å². The number of carbonyl (C=O) groups excluding carboxylic acids is 1. The van der Waals surface area contributed by atoms with E-state index in [1.165, 1.54) is 37.8 Å². The molecule has 1 aromatic rings. The third-order valence-electron chi connectivity index (χ3n) is 5.10. The Hall–Kier alpha value is -1.38. The van der Waals surface area contributed by atoms with Crippen LogP contribution in [-0.2, 0) is 11.2 Å². The van der Waals surface area contributed by atoms with Crippen LogP contribution >= 0.6 is 0 Å². The molecule has 1 N–H and O–H groups in total. The van der Waals surface area contributed by atoms with Crippen LogP contribution in [-0.4, -0.2) is 11.9 Å². The van der Waals surface area contributed by atoms with Gasteiger partial charge in [0.25, 0.3) is 0 Å². The van der Waals surface area contributed by atoms with E-state index in [1.807, 2.05) is 0 Å². The van der Waals surface area contributed by atoms with E-state index >= 15 is 0 Å². The molecule has 2 saturated carbocycles. The fraction of sp³-hybridized carbons (Fsp3) is 0.588. The van der Waals surface area contributed by atoms with Gasteiger partial charge in [0.05, 0.1) is 6.42 Å². The summed E-state index contributed by atoms with van der Waals surface area (Å²) in [5, 5.41) is 3.14. The summed E-state index contributed by atoms with van der Waals surface area (Å²) in [5.41, 5.74) is 0.865. The Morgan fingerprint density at radius 3 is 2.65 bits per heavy atom. The lowest BCUT2D eigenvalue weighted by Crippen LogP contribution is -2.40. The quantitative estimate of drug-likeness (QED) is 0.897. The Morgan fingerprint density at radius 2 is 2.05 bits per heavy atom. The van der Waals surface area contributed by atoms with Gasteiger partial charge in [0.15, 0.2) is 0 Å². The smallest absolute Gasteiger partial charge is 0.224 e. The molecule has 0 unspecified atom stereocenters. The fourth-order valence-corrected chi connectivity index (χ4v) is 4.11. The predicted molar refractivity (Wildman–Crippen MR) is 76.6 cm³/mol. The first-order chi connectivity index (χ1) is 9.61. The van der Waals surface area contributed by atoms with Gasteiger partial charge in [-0.05, 0) is 61.6 Å². The number of hydrogen-bond donors (Lipinski definition) is 1. The average molecular weight is 275 g/mol. The summed E-state index contributed by atoms with van der Waals surface area (Å²) in [7, 11) is 0. The number of rotatable bonds is 4. The topological polar surface area (TPSA) is 29.1 Å². The van der Waals surface area contributed by atoms with Crippen LogP contribution < -0.4 is 5.32 Å². The van der Waals surface area contributed by atoms with E-state index in [0.717, 1.165) is 17.4 Å². The van der Waals surface area contributed by atoms with Crippen molar-refractivity contribution in [3.63, 3.8) is 0 Å². The molecule has 20 heavy (non-hydrogen) atoms. The molecule has 3 heteroatoms. The highest BCUT2D eigenvalue weighted by atomic mass is 19.1. The van der Waals surface area contributed by atoms with Crippen LogP contribution in [0.15, 0.2) is 24.3 Å². The molecule has 0 saturated heterocycles. The van der Waals surface area contributed by atoms with Crippen molar-refractivity contribution in [1.82, 2.24) is 5.32 Å². The molecule has 4 atom stereocenters. The lowest BCUT2D eigenvalue weighted by atomic mass is 9.84. The maximum Gasteiger partial charge on any atom is 0.224 e. The van der Waals surface area contributed by atoms with Gasteiger partial charge in [-0.1, -0.05) is 18.6 Å². The van der Waals surface area contributed by atoms with Gasteiger partial charge in [-0.25, -0.2) is 4.39 Å². The molecule has 0 aliphatic heterocycles. The van der Waals surface area contributed by atoms with E-state index in [-0.39, 0.29) is 17.8 Å². The molecule has 1 amide bonds. The Bertz CT molecular complexity index is 484. The Kier molecular flexibility index (Phi) is 3.77. The number of halogens is 1. The van der Waals surface area contributed by atoms with Crippen LogP contribution in [0, 0.1) is 23.6 Å². The van der Waals surface area contributed by atoms with E-state index in [1.54, 1.807) is 12.1 Å². The SMILES string of the molecule is C[C@@H](NC(=O)Cc1ccc(F)cc1)[C@@H]1C[C@H]2CC[C@H]1C2. The molecule has 3 rings (SSSR count). The number of hydrogen-bond acceptors (Lipinski definition) is 1. The van der Waals surface area contributed by atoms with Gasteiger partial charge >= 0.3 is 0 Å². The van der Waals surface area contributed by atoms with Crippen molar-refractivity contribution in [1.29, 1.82) is 0 Å². The molecular formula is C17H22FNO. The Balaban J connectivity index is 1.52. The number of benzene rings is 1. The summed E-state index contributed by atoms with van der Waals surface area (Å²) in [5.74, 6) is 2.17. The van der Waals surface area contributed by atoms with Gasteiger partial charge < -0.3 is 5.32 Å². The van der Waals surface area contributed by atoms with Crippen molar-refractivity contribution in [2.24, 2.45) is 17.8 Å². The molecule has 108 valence electrons. The summed E-state index contributed by atoms with van der Waals surface area (Å²) in [6, 6.07) is 6.43. The standard InChI is InChI=1S/C17H22FNO/c1-11(16-9-13-2-5-14(16)8-13)19-17(20)10-12-3-6-15(18)7-4-12/h3-4,6-7,11,13-14,16H,2,5,8-10H2,1H3,(H,19,20)/t11-,13+,14+,16+/m1/s1. The fourth-order valence-electron chi connectivity index (χ4n) is 4.11. The van der Waals surface area contributed by atoms with Gasteiger partial charge in [-0.3, -0.25) is 4.79 Å². The second-order valence-corrected chi connectivity index (χ2v) is 6.50. The van der Waals surface area contributed by atoms with Crippen LogP contribution in [0.1, 0.15) is 38.2 Å².